The lowest BCUT2D eigenvalue weighted by atomic mass is 9.85. The molecule has 1 aromatic heterocycles. The zero-order valence-corrected chi connectivity index (χ0v) is 11.6. The summed E-state index contributed by atoms with van der Waals surface area (Å²) in [7, 11) is -1.09. The van der Waals surface area contributed by atoms with Gasteiger partial charge in [-0.2, -0.15) is 0 Å². The van der Waals surface area contributed by atoms with Gasteiger partial charge in [-0.1, -0.05) is 0 Å². The van der Waals surface area contributed by atoms with Crippen LogP contribution in [0.15, 0.2) is 12.3 Å². The summed E-state index contributed by atoms with van der Waals surface area (Å²) in [5.74, 6) is -0.623. The maximum Gasteiger partial charge on any atom is 0.516 e. The second kappa shape index (κ2) is 4.68. The largest absolute Gasteiger partial charge is 0.516 e. The Morgan fingerprint density at radius 3 is 2.60 bits per heavy atom. The molecule has 0 aromatic carbocycles. The Bertz CT molecular complexity index is 762. The van der Waals surface area contributed by atoms with Gasteiger partial charge < -0.3 is 18.8 Å². The molecular formula is C13H19BN2O4. The average molecular weight is 285 g/mol. The van der Waals surface area contributed by atoms with Crippen molar-refractivity contribution < 1.29 is 28.4 Å². The number of hydrogen-bond donors (Lipinski definition) is 0. The smallest absolute Gasteiger partial charge is 0.468 e. The fourth-order valence-electron chi connectivity index (χ4n) is 1.63. The zero-order valence-electron chi connectivity index (χ0n) is 18.6. The van der Waals surface area contributed by atoms with E-state index in [0.29, 0.717) is 0 Å². The SMILES string of the molecule is [2H]c1nc([2H])c(B2OC(C)(C)C(C)(C)O2)nc1OC1([2H])C([2H])([2H])OC1([2H])[2H]. The summed E-state index contributed by atoms with van der Waals surface area (Å²) >= 11 is 0. The first-order valence-electron chi connectivity index (χ1n) is 9.63. The summed E-state index contributed by atoms with van der Waals surface area (Å²) in [6.07, 6.45) is -3.85. The minimum atomic E-state index is -2.80. The van der Waals surface area contributed by atoms with Crippen molar-refractivity contribution in [2.75, 3.05) is 13.1 Å². The van der Waals surface area contributed by atoms with Gasteiger partial charge in [-0.25, -0.2) is 4.98 Å². The van der Waals surface area contributed by atoms with Gasteiger partial charge in [0.05, 0.1) is 45.7 Å². The van der Waals surface area contributed by atoms with Gasteiger partial charge in [0.1, 0.15) is 6.08 Å². The van der Waals surface area contributed by atoms with Crippen molar-refractivity contribution in [2.24, 2.45) is 0 Å². The van der Waals surface area contributed by atoms with Crippen LogP contribution in [-0.2, 0) is 14.0 Å². The monoisotopic (exact) mass is 285 g/mol. The summed E-state index contributed by atoms with van der Waals surface area (Å²) in [6.45, 7) is 1.66. The first-order chi connectivity index (χ1) is 12.0. The normalized spacial score (nSPS) is 36.2. The molecule has 3 heterocycles. The number of hydrogen-bond acceptors (Lipinski definition) is 6. The Labute approximate surface area is 128 Å². The molecule has 20 heavy (non-hydrogen) atoms. The maximum atomic E-state index is 8.00. The number of aromatic nitrogens is 2. The van der Waals surface area contributed by atoms with Crippen molar-refractivity contribution in [3.63, 3.8) is 0 Å². The second-order valence-corrected chi connectivity index (χ2v) is 5.46. The van der Waals surface area contributed by atoms with Crippen LogP contribution in [0.2, 0.25) is 0 Å². The molecule has 0 radical (unpaired) electrons. The van der Waals surface area contributed by atoms with Crippen molar-refractivity contribution in [1.29, 1.82) is 0 Å². The highest BCUT2D eigenvalue weighted by atomic mass is 16.7. The third-order valence-electron chi connectivity index (χ3n) is 3.51. The van der Waals surface area contributed by atoms with E-state index >= 15 is 0 Å². The van der Waals surface area contributed by atoms with E-state index < -0.39 is 55.7 Å². The van der Waals surface area contributed by atoms with Crippen LogP contribution < -0.4 is 10.3 Å². The summed E-state index contributed by atoms with van der Waals surface area (Å²) in [4.78, 5) is 7.63. The first-order valence-corrected chi connectivity index (χ1v) is 6.13. The van der Waals surface area contributed by atoms with E-state index in [4.69, 9.17) is 23.6 Å². The van der Waals surface area contributed by atoms with Gasteiger partial charge in [-0.05, 0) is 27.7 Å². The molecule has 0 atom stereocenters. The predicted molar refractivity (Wildman–Crippen MR) is 73.0 cm³/mol. The van der Waals surface area contributed by atoms with E-state index in [1.54, 1.807) is 27.7 Å². The van der Waals surface area contributed by atoms with Crippen LogP contribution in [-0.4, -0.2) is 47.5 Å². The van der Waals surface area contributed by atoms with Crippen LogP contribution in [0.1, 0.15) is 37.3 Å². The van der Waals surface area contributed by atoms with Crippen LogP contribution in [0.3, 0.4) is 0 Å². The van der Waals surface area contributed by atoms with E-state index in [9.17, 15) is 0 Å². The van der Waals surface area contributed by atoms with E-state index in [2.05, 4.69) is 14.7 Å². The molecule has 0 saturated carbocycles. The zero-order chi connectivity index (χ0) is 20.6. The molecule has 0 N–H and O–H groups in total. The minimum absolute atomic E-state index is 0.121. The standard InChI is InChI=1S/C13H19BN2O4/c1-12(2)13(3,4)20-14(19-12)10-5-15-6-11(16-10)18-9-7-17-8-9/h5-6,9H,7-8H2,1-4H3/i5D,6D,7D2,8D2,9D. The second-order valence-electron chi connectivity index (χ2n) is 5.46. The molecule has 0 amide bonds. The summed E-state index contributed by atoms with van der Waals surface area (Å²) in [5, 5.41) is 0. The highest BCUT2D eigenvalue weighted by Gasteiger charge is 2.52. The molecule has 0 spiro atoms. The van der Waals surface area contributed by atoms with Crippen molar-refractivity contribution in [3.05, 3.63) is 12.3 Å². The number of nitrogens with zero attached hydrogens (tertiary/aromatic N) is 2. The van der Waals surface area contributed by atoms with E-state index in [1.165, 1.54) is 0 Å². The van der Waals surface area contributed by atoms with Gasteiger partial charge in [0.25, 0.3) is 0 Å². The molecule has 6 nitrogen and oxygen atoms in total. The van der Waals surface area contributed by atoms with Gasteiger partial charge in [-0.3, -0.25) is 4.98 Å². The molecule has 3 rings (SSSR count). The molecule has 1 aromatic rings. The molecule has 108 valence electrons. The lowest BCUT2D eigenvalue weighted by molar-refractivity contribution is -0.0814. The van der Waals surface area contributed by atoms with Gasteiger partial charge in [0.2, 0.25) is 5.88 Å². The fourth-order valence-corrected chi connectivity index (χ4v) is 1.63. The number of ether oxygens (including phenoxy) is 2. The van der Waals surface area contributed by atoms with E-state index in [1.807, 2.05) is 0 Å². The molecule has 7 heteroatoms. The predicted octanol–water partition coefficient (Wildman–Crippen LogP) is 0.553. The van der Waals surface area contributed by atoms with Crippen molar-refractivity contribution in [1.82, 2.24) is 9.97 Å². The highest BCUT2D eigenvalue weighted by molar-refractivity contribution is 6.61. The van der Waals surface area contributed by atoms with E-state index in [0.717, 1.165) is 0 Å². The van der Waals surface area contributed by atoms with Crippen LogP contribution in [0.4, 0.5) is 0 Å². The topological polar surface area (TPSA) is 62.7 Å². The minimum Gasteiger partial charge on any atom is -0.468 e. The quantitative estimate of drug-likeness (QED) is 0.756. The first kappa shape index (κ1) is 7.73. The van der Waals surface area contributed by atoms with Crippen LogP contribution in [0.5, 0.6) is 5.88 Å². The molecule has 2 aliphatic heterocycles. The van der Waals surface area contributed by atoms with Crippen LogP contribution >= 0.6 is 0 Å². The molecule has 0 unspecified atom stereocenters. The van der Waals surface area contributed by atoms with E-state index in [-0.39, 0.29) is 5.59 Å². The van der Waals surface area contributed by atoms with Gasteiger partial charge in [0, 0.05) is 6.17 Å². The van der Waals surface area contributed by atoms with Crippen molar-refractivity contribution in [2.45, 2.75) is 45.0 Å². The molecule has 2 aliphatic rings. The third-order valence-corrected chi connectivity index (χ3v) is 3.51. The Morgan fingerprint density at radius 1 is 1.35 bits per heavy atom. The summed E-state index contributed by atoms with van der Waals surface area (Å²) in [6, 6.07) is 0. The Kier molecular flexibility index (Phi) is 1.81. The van der Waals surface area contributed by atoms with Crippen LogP contribution in [0, 0.1) is 0 Å². The van der Waals surface area contributed by atoms with Gasteiger partial charge in [-0.15, -0.1) is 0 Å². The Hall–Kier alpha value is -1.18. The van der Waals surface area contributed by atoms with Gasteiger partial charge >= 0.3 is 7.12 Å². The molecular weight excluding hydrogens is 259 g/mol. The Balaban J connectivity index is 1.97. The lowest BCUT2D eigenvalue weighted by Gasteiger charge is -2.32. The Morgan fingerprint density at radius 2 is 2.00 bits per heavy atom. The summed E-state index contributed by atoms with van der Waals surface area (Å²) < 4.78 is 75.1. The molecule has 0 aliphatic carbocycles. The molecule has 0 bridgehead atoms. The summed E-state index contributed by atoms with van der Waals surface area (Å²) in [5.41, 5.74) is -1.57. The molecule has 2 fully saturated rings. The highest BCUT2D eigenvalue weighted by Crippen LogP contribution is 2.36. The van der Waals surface area contributed by atoms with Crippen molar-refractivity contribution >= 4 is 12.7 Å². The third kappa shape index (κ3) is 2.41. The molecule has 2 saturated heterocycles. The van der Waals surface area contributed by atoms with Gasteiger partial charge in [0.15, 0.2) is 0 Å². The average Bonchev–Trinajstić information content (AvgIpc) is 2.68. The van der Waals surface area contributed by atoms with Crippen LogP contribution in [0.25, 0.3) is 0 Å². The number of rotatable bonds is 3. The lowest BCUT2D eigenvalue weighted by Crippen LogP contribution is -2.41. The van der Waals surface area contributed by atoms with Crippen molar-refractivity contribution in [3.8, 4) is 5.88 Å². The maximum absolute atomic E-state index is 8.00. The fraction of sp³-hybridized carbons (Fsp3) is 0.692.